The minimum Gasteiger partial charge on any atom is -0.274 e. The van der Waals surface area contributed by atoms with Crippen LogP contribution in [-0.4, -0.2) is 20.7 Å². The Morgan fingerprint density at radius 3 is 2.61 bits per heavy atom. The van der Waals surface area contributed by atoms with Gasteiger partial charge in [-0.2, -0.15) is 0 Å². The third-order valence-corrected chi connectivity index (χ3v) is 2.66. The van der Waals surface area contributed by atoms with Crippen molar-refractivity contribution >= 4 is 11.5 Å². The fraction of sp³-hybridized carbons (Fsp3) is 0.357. The maximum Gasteiger partial charge on any atom is 0.233 e. The lowest BCUT2D eigenvalue weighted by molar-refractivity contribution is 0.0905. The van der Waals surface area contributed by atoms with Crippen LogP contribution in [0.4, 0.5) is 0 Å². The summed E-state index contributed by atoms with van der Waals surface area (Å²) < 4.78 is 1.55. The minimum absolute atomic E-state index is 0.0138. The lowest BCUT2D eigenvalue weighted by Crippen LogP contribution is -2.14. The van der Waals surface area contributed by atoms with Crippen LogP contribution in [-0.2, 0) is 0 Å². The molecule has 0 aliphatic rings. The van der Waals surface area contributed by atoms with E-state index in [-0.39, 0.29) is 5.91 Å². The fourth-order valence-electron chi connectivity index (χ4n) is 1.76. The van der Waals surface area contributed by atoms with E-state index in [4.69, 9.17) is 0 Å². The molecule has 0 spiro atoms. The van der Waals surface area contributed by atoms with Gasteiger partial charge in [0.1, 0.15) is 5.82 Å². The molecule has 4 heteroatoms. The largest absolute Gasteiger partial charge is 0.274 e. The number of carbonyl (C=O) groups is 1. The van der Waals surface area contributed by atoms with Crippen molar-refractivity contribution in [2.24, 2.45) is 0 Å². The number of nitrogens with zero attached hydrogens (tertiary/aromatic N) is 3. The molecule has 18 heavy (non-hydrogen) atoms. The predicted molar refractivity (Wildman–Crippen MR) is 73.3 cm³/mol. The van der Waals surface area contributed by atoms with Gasteiger partial charge in [-0.25, -0.2) is 4.57 Å². The van der Waals surface area contributed by atoms with E-state index in [1.165, 1.54) is 0 Å². The average Bonchev–Trinajstić information content (AvgIpc) is 2.72. The van der Waals surface area contributed by atoms with Gasteiger partial charge in [-0.1, -0.05) is 31.7 Å². The summed E-state index contributed by atoms with van der Waals surface area (Å²) in [6, 6.07) is 0. The topological polar surface area (TPSA) is 47.8 Å². The molecule has 0 aliphatic carbocycles. The summed E-state index contributed by atoms with van der Waals surface area (Å²) in [5.74, 6) is 1.15. The molecule has 4 nitrogen and oxygen atoms in total. The maximum absolute atomic E-state index is 11.9. The quantitative estimate of drug-likeness (QED) is 0.765. The molecule has 0 radical (unpaired) electrons. The molecule has 1 heterocycles. The molecule has 96 valence electrons. The first-order chi connectivity index (χ1) is 8.56. The van der Waals surface area contributed by atoms with Crippen molar-refractivity contribution in [3.63, 3.8) is 0 Å². The Hall–Kier alpha value is -1.97. The zero-order chi connectivity index (χ0) is 13.7. The highest BCUT2D eigenvalue weighted by Crippen LogP contribution is 2.20. The van der Waals surface area contributed by atoms with Crippen LogP contribution in [0.1, 0.15) is 43.6 Å². The second-order valence-electron chi connectivity index (χ2n) is 3.95. The number of hydrogen-bond donors (Lipinski definition) is 0. The van der Waals surface area contributed by atoms with E-state index in [0.717, 1.165) is 11.1 Å². The highest BCUT2D eigenvalue weighted by atomic mass is 16.2. The Morgan fingerprint density at radius 2 is 2.11 bits per heavy atom. The summed E-state index contributed by atoms with van der Waals surface area (Å²) in [6.45, 7) is 11.3. The first-order valence-electron chi connectivity index (χ1n) is 5.98. The molecule has 0 bridgehead atoms. The molecule has 0 N–H and O–H groups in total. The molecule has 1 aromatic heterocycles. The van der Waals surface area contributed by atoms with E-state index >= 15 is 0 Å². The number of allylic oxidation sites excluding steroid dienone is 5. The third-order valence-electron chi connectivity index (χ3n) is 2.66. The molecular weight excluding hydrogens is 226 g/mol. The highest BCUT2D eigenvalue weighted by molar-refractivity contribution is 5.85. The second-order valence-corrected chi connectivity index (χ2v) is 3.95. The third kappa shape index (κ3) is 2.64. The molecule has 0 unspecified atom stereocenters. The van der Waals surface area contributed by atoms with Gasteiger partial charge in [-0.05, 0) is 26.3 Å². The van der Waals surface area contributed by atoms with Gasteiger partial charge in [0, 0.05) is 12.0 Å². The van der Waals surface area contributed by atoms with Crippen LogP contribution in [0.25, 0.3) is 5.57 Å². The van der Waals surface area contributed by atoms with Gasteiger partial charge in [-0.15, -0.1) is 10.2 Å². The first kappa shape index (κ1) is 14.1. The zero-order valence-corrected chi connectivity index (χ0v) is 11.4. The normalized spacial score (nSPS) is 12.7. The standard InChI is InChI=1S/C14H19N3O/c1-6-9-10(4)12(7-2)14-16-15-11(5)17(14)13(18)8-3/h6-7,9H,2,8H2,1,3-5H3/b9-6-,12-10+. The molecule has 0 atom stereocenters. The summed E-state index contributed by atoms with van der Waals surface area (Å²) in [6.07, 6.45) is 6.02. The van der Waals surface area contributed by atoms with Gasteiger partial charge in [0.25, 0.3) is 0 Å². The molecule has 0 saturated carbocycles. The number of aromatic nitrogens is 3. The van der Waals surface area contributed by atoms with Crippen LogP contribution in [0.2, 0.25) is 0 Å². The predicted octanol–water partition coefficient (Wildman–Crippen LogP) is 3.17. The molecule has 0 amide bonds. The fourth-order valence-corrected chi connectivity index (χ4v) is 1.76. The smallest absolute Gasteiger partial charge is 0.233 e. The van der Waals surface area contributed by atoms with Gasteiger partial charge in [-0.3, -0.25) is 4.79 Å². The summed E-state index contributed by atoms with van der Waals surface area (Å²) in [5.41, 5.74) is 1.83. The maximum atomic E-state index is 11.9. The Balaban J connectivity index is 3.45. The number of rotatable bonds is 4. The van der Waals surface area contributed by atoms with E-state index < -0.39 is 0 Å². The van der Waals surface area contributed by atoms with Crippen molar-refractivity contribution in [2.45, 2.75) is 34.1 Å². The Kier molecular flexibility index (Phi) is 4.77. The number of carbonyl (C=O) groups excluding carboxylic acids is 1. The highest BCUT2D eigenvalue weighted by Gasteiger charge is 2.17. The Morgan fingerprint density at radius 1 is 1.44 bits per heavy atom. The SMILES string of the molecule is C=C/C(=C(C)\C=C/C)c1nnc(C)n1C(=O)CC. The van der Waals surface area contributed by atoms with Gasteiger partial charge < -0.3 is 0 Å². The van der Waals surface area contributed by atoms with E-state index in [1.54, 1.807) is 17.6 Å². The summed E-state index contributed by atoms with van der Waals surface area (Å²) in [5, 5.41) is 8.07. The Labute approximate surface area is 108 Å². The van der Waals surface area contributed by atoms with Crippen LogP contribution >= 0.6 is 0 Å². The van der Waals surface area contributed by atoms with Crippen molar-refractivity contribution < 1.29 is 4.79 Å². The minimum atomic E-state index is -0.0138. The Bertz CT molecular complexity index is 521. The lowest BCUT2D eigenvalue weighted by Gasteiger charge is -2.08. The number of aryl methyl sites for hydroxylation is 1. The van der Waals surface area contributed by atoms with Crippen LogP contribution in [0, 0.1) is 6.92 Å². The number of hydrogen-bond acceptors (Lipinski definition) is 3. The van der Waals surface area contributed by atoms with E-state index in [0.29, 0.717) is 18.1 Å². The molecule has 1 aromatic rings. The van der Waals surface area contributed by atoms with Crippen LogP contribution in [0.3, 0.4) is 0 Å². The van der Waals surface area contributed by atoms with Gasteiger partial charge in [0.2, 0.25) is 5.91 Å². The van der Waals surface area contributed by atoms with Gasteiger partial charge in [0.15, 0.2) is 5.82 Å². The molecular formula is C14H19N3O. The van der Waals surface area contributed by atoms with Crippen LogP contribution in [0.5, 0.6) is 0 Å². The lowest BCUT2D eigenvalue weighted by atomic mass is 10.1. The average molecular weight is 245 g/mol. The van der Waals surface area contributed by atoms with E-state index in [1.807, 2.05) is 32.9 Å². The monoisotopic (exact) mass is 245 g/mol. The van der Waals surface area contributed by atoms with Gasteiger partial charge >= 0.3 is 0 Å². The van der Waals surface area contributed by atoms with Crippen molar-refractivity contribution in [2.75, 3.05) is 0 Å². The molecule has 1 rings (SSSR count). The molecule has 0 aromatic carbocycles. The van der Waals surface area contributed by atoms with E-state index in [2.05, 4.69) is 16.8 Å². The van der Waals surface area contributed by atoms with Crippen molar-refractivity contribution in [1.29, 1.82) is 0 Å². The van der Waals surface area contributed by atoms with Crippen molar-refractivity contribution in [3.05, 3.63) is 42.0 Å². The first-order valence-corrected chi connectivity index (χ1v) is 5.98. The summed E-state index contributed by atoms with van der Waals surface area (Å²) in [4.78, 5) is 11.9. The molecule has 0 saturated heterocycles. The molecule has 0 aliphatic heterocycles. The van der Waals surface area contributed by atoms with Crippen molar-refractivity contribution in [1.82, 2.24) is 14.8 Å². The second kappa shape index (κ2) is 6.10. The van der Waals surface area contributed by atoms with E-state index in [9.17, 15) is 4.79 Å². The van der Waals surface area contributed by atoms with Crippen molar-refractivity contribution in [3.8, 4) is 0 Å². The summed E-state index contributed by atoms with van der Waals surface area (Å²) in [7, 11) is 0. The zero-order valence-electron chi connectivity index (χ0n) is 11.4. The van der Waals surface area contributed by atoms with Crippen LogP contribution < -0.4 is 0 Å². The summed E-state index contributed by atoms with van der Waals surface area (Å²) >= 11 is 0. The molecule has 0 fully saturated rings. The van der Waals surface area contributed by atoms with Gasteiger partial charge in [0.05, 0.1) is 0 Å². The van der Waals surface area contributed by atoms with Crippen LogP contribution in [0.15, 0.2) is 30.4 Å².